The lowest BCUT2D eigenvalue weighted by Crippen LogP contribution is -2.16. The Morgan fingerprint density at radius 3 is 2.19 bits per heavy atom. The standard InChI is InChI=1S/C29H23Cl2NO3S/c1-18(23-4-2-3-5-24(23)30)35-28(34)32-25-16-26(31)36-27(25)21-8-6-19(7-9-21)20-10-12-22(13-11-20)29(17-33)14-15-29/h2-13,16-18H,14-15H2,1H3,(H,32,34). The van der Waals surface area contributed by atoms with Crippen molar-refractivity contribution >= 4 is 52.6 Å². The molecule has 3 aromatic carbocycles. The molecule has 1 saturated carbocycles. The minimum Gasteiger partial charge on any atom is -0.441 e. The molecule has 0 bridgehead atoms. The SMILES string of the molecule is CC(OC(=O)Nc1cc(Cl)sc1-c1ccc(-c2ccc(C3(C=O)CC3)cc2)cc1)c1ccccc1Cl. The highest BCUT2D eigenvalue weighted by atomic mass is 35.5. The number of nitrogens with one attached hydrogen (secondary N) is 1. The quantitative estimate of drug-likeness (QED) is 0.240. The molecule has 7 heteroatoms. The fraction of sp³-hybridized carbons (Fsp3) is 0.172. The second-order valence-corrected chi connectivity index (χ2v) is 11.0. The molecule has 36 heavy (non-hydrogen) atoms. The van der Waals surface area contributed by atoms with Crippen molar-refractivity contribution in [3.8, 4) is 21.6 Å². The Morgan fingerprint density at radius 1 is 0.972 bits per heavy atom. The Labute approximate surface area is 223 Å². The summed E-state index contributed by atoms with van der Waals surface area (Å²) in [5.41, 5.74) is 5.20. The van der Waals surface area contributed by atoms with Crippen LogP contribution >= 0.6 is 34.5 Å². The van der Waals surface area contributed by atoms with Crippen molar-refractivity contribution in [3.05, 3.63) is 99.3 Å². The molecule has 4 nitrogen and oxygen atoms in total. The predicted octanol–water partition coefficient (Wildman–Crippen LogP) is 8.93. The number of carbonyl (C=O) groups is 2. The second-order valence-electron chi connectivity index (χ2n) is 8.92. The largest absolute Gasteiger partial charge is 0.441 e. The zero-order valence-electron chi connectivity index (χ0n) is 19.5. The molecule has 0 aliphatic heterocycles. The summed E-state index contributed by atoms with van der Waals surface area (Å²) in [5.74, 6) is 0. The number of thiophene rings is 1. The smallest absolute Gasteiger partial charge is 0.412 e. The van der Waals surface area contributed by atoms with E-state index in [1.807, 2.05) is 54.6 Å². The van der Waals surface area contributed by atoms with Crippen molar-refractivity contribution in [2.45, 2.75) is 31.3 Å². The van der Waals surface area contributed by atoms with Crippen LogP contribution in [0.2, 0.25) is 9.36 Å². The monoisotopic (exact) mass is 535 g/mol. The van der Waals surface area contributed by atoms with Crippen LogP contribution in [0.1, 0.15) is 37.0 Å². The Bertz CT molecular complexity index is 1410. The first-order valence-corrected chi connectivity index (χ1v) is 13.1. The van der Waals surface area contributed by atoms with Gasteiger partial charge in [-0.25, -0.2) is 4.79 Å². The van der Waals surface area contributed by atoms with Crippen LogP contribution in [0.4, 0.5) is 10.5 Å². The highest BCUT2D eigenvalue weighted by molar-refractivity contribution is 7.20. The van der Waals surface area contributed by atoms with Gasteiger partial charge in [-0.3, -0.25) is 5.32 Å². The van der Waals surface area contributed by atoms with Crippen LogP contribution in [0.5, 0.6) is 0 Å². The summed E-state index contributed by atoms with van der Waals surface area (Å²) in [4.78, 5) is 24.9. The van der Waals surface area contributed by atoms with Gasteiger partial charge in [0.2, 0.25) is 0 Å². The van der Waals surface area contributed by atoms with E-state index in [1.165, 1.54) is 11.3 Å². The minimum absolute atomic E-state index is 0.267. The number of halogens is 2. The van der Waals surface area contributed by atoms with E-state index in [4.69, 9.17) is 27.9 Å². The van der Waals surface area contributed by atoms with Crippen LogP contribution in [0.3, 0.4) is 0 Å². The Hall–Kier alpha value is -3.12. The van der Waals surface area contributed by atoms with Gasteiger partial charge < -0.3 is 9.53 Å². The van der Waals surface area contributed by atoms with Gasteiger partial charge in [-0.15, -0.1) is 11.3 Å². The predicted molar refractivity (Wildman–Crippen MR) is 147 cm³/mol. The summed E-state index contributed by atoms with van der Waals surface area (Å²) in [6.45, 7) is 1.77. The molecular formula is C29H23Cl2NO3S. The zero-order chi connectivity index (χ0) is 25.3. The lowest BCUT2D eigenvalue weighted by atomic mass is 9.95. The van der Waals surface area contributed by atoms with Crippen LogP contribution in [-0.2, 0) is 14.9 Å². The van der Waals surface area contributed by atoms with Crippen molar-refractivity contribution in [3.63, 3.8) is 0 Å². The number of amides is 1. The summed E-state index contributed by atoms with van der Waals surface area (Å²) in [6.07, 6.45) is 1.83. The average Bonchev–Trinajstić information content (AvgIpc) is 3.61. The maximum Gasteiger partial charge on any atom is 0.412 e. The van der Waals surface area contributed by atoms with Gasteiger partial charge >= 0.3 is 6.09 Å². The number of carbonyl (C=O) groups excluding carboxylic acids is 2. The molecule has 4 aromatic rings. The fourth-order valence-electron chi connectivity index (χ4n) is 4.25. The Morgan fingerprint density at radius 2 is 1.58 bits per heavy atom. The molecule has 1 aliphatic rings. The number of rotatable bonds is 7. The lowest BCUT2D eigenvalue weighted by Gasteiger charge is -2.15. The van der Waals surface area contributed by atoms with Crippen LogP contribution in [0.15, 0.2) is 78.9 Å². The number of aldehydes is 1. The molecule has 1 fully saturated rings. The summed E-state index contributed by atoms with van der Waals surface area (Å²) >= 11 is 13.9. The lowest BCUT2D eigenvalue weighted by molar-refractivity contribution is -0.109. The van der Waals surface area contributed by atoms with Gasteiger partial charge in [-0.1, -0.05) is 89.9 Å². The summed E-state index contributed by atoms with van der Waals surface area (Å²) < 4.78 is 6.11. The van der Waals surface area contributed by atoms with Gasteiger partial charge in [-0.05, 0) is 54.2 Å². The van der Waals surface area contributed by atoms with E-state index >= 15 is 0 Å². The first kappa shape index (κ1) is 24.6. The normalized spacial score (nSPS) is 14.6. The highest BCUT2D eigenvalue weighted by Gasteiger charge is 2.44. The maximum absolute atomic E-state index is 12.6. The molecule has 1 heterocycles. The van der Waals surface area contributed by atoms with Crippen LogP contribution in [0, 0.1) is 0 Å². The van der Waals surface area contributed by atoms with Crippen LogP contribution in [0.25, 0.3) is 21.6 Å². The van der Waals surface area contributed by atoms with Crippen LogP contribution in [-0.4, -0.2) is 12.4 Å². The van der Waals surface area contributed by atoms with Crippen molar-refractivity contribution in [1.29, 1.82) is 0 Å². The first-order chi connectivity index (χ1) is 17.4. The van der Waals surface area contributed by atoms with E-state index in [0.717, 1.165) is 51.8 Å². The summed E-state index contributed by atoms with van der Waals surface area (Å²) in [5, 5.41) is 3.37. The number of ether oxygens (including phenoxy) is 1. The van der Waals surface area contributed by atoms with E-state index in [-0.39, 0.29) is 5.41 Å². The van der Waals surface area contributed by atoms with E-state index in [0.29, 0.717) is 15.0 Å². The molecule has 1 atom stereocenters. The Balaban J connectivity index is 1.30. The third-order valence-electron chi connectivity index (χ3n) is 6.52. The molecule has 182 valence electrons. The molecule has 1 unspecified atom stereocenters. The highest BCUT2D eigenvalue weighted by Crippen LogP contribution is 2.46. The molecule has 1 aromatic heterocycles. The molecule has 1 amide bonds. The second kappa shape index (κ2) is 10.1. The molecule has 5 rings (SSSR count). The number of hydrogen-bond acceptors (Lipinski definition) is 4. The number of benzene rings is 3. The summed E-state index contributed by atoms with van der Waals surface area (Å²) in [6, 6.07) is 25.3. The molecule has 0 saturated heterocycles. The first-order valence-electron chi connectivity index (χ1n) is 11.6. The molecule has 0 radical (unpaired) electrons. The van der Waals surface area contributed by atoms with Gasteiger partial charge in [0.15, 0.2) is 0 Å². The molecule has 1 N–H and O–H groups in total. The van der Waals surface area contributed by atoms with Gasteiger partial charge in [0.1, 0.15) is 12.4 Å². The van der Waals surface area contributed by atoms with Gasteiger partial charge in [0.05, 0.1) is 20.3 Å². The van der Waals surface area contributed by atoms with E-state index in [9.17, 15) is 9.59 Å². The van der Waals surface area contributed by atoms with E-state index in [2.05, 4.69) is 17.4 Å². The number of hydrogen-bond donors (Lipinski definition) is 1. The molecule has 0 spiro atoms. The van der Waals surface area contributed by atoms with Gasteiger partial charge in [-0.2, -0.15) is 0 Å². The van der Waals surface area contributed by atoms with Crippen molar-refractivity contribution in [2.24, 2.45) is 0 Å². The molecular weight excluding hydrogens is 513 g/mol. The molecule has 1 aliphatic carbocycles. The minimum atomic E-state index is -0.585. The van der Waals surface area contributed by atoms with Crippen molar-refractivity contribution in [1.82, 2.24) is 0 Å². The summed E-state index contributed by atoms with van der Waals surface area (Å²) in [7, 11) is 0. The topological polar surface area (TPSA) is 55.4 Å². The third-order valence-corrected chi connectivity index (χ3v) is 8.18. The van der Waals surface area contributed by atoms with Crippen molar-refractivity contribution in [2.75, 3.05) is 5.32 Å². The van der Waals surface area contributed by atoms with Crippen LogP contribution < -0.4 is 5.32 Å². The Kier molecular flexibility index (Phi) is 6.89. The fourth-order valence-corrected chi connectivity index (χ4v) is 5.73. The zero-order valence-corrected chi connectivity index (χ0v) is 21.8. The van der Waals surface area contributed by atoms with Gasteiger partial charge in [0.25, 0.3) is 0 Å². The van der Waals surface area contributed by atoms with E-state index in [1.54, 1.807) is 19.1 Å². The average molecular weight is 536 g/mol. The van der Waals surface area contributed by atoms with Crippen molar-refractivity contribution < 1.29 is 14.3 Å². The number of anilines is 1. The van der Waals surface area contributed by atoms with Gasteiger partial charge in [0, 0.05) is 10.6 Å². The maximum atomic E-state index is 12.6. The van der Waals surface area contributed by atoms with E-state index < -0.39 is 12.2 Å². The third kappa shape index (κ3) is 5.05.